The second-order valence-corrected chi connectivity index (χ2v) is 10.9. The van der Waals surface area contributed by atoms with Gasteiger partial charge in [-0.2, -0.15) is 5.26 Å². The predicted octanol–water partition coefficient (Wildman–Crippen LogP) is 9.93. The third-order valence-electron chi connectivity index (χ3n) is 6.80. The third kappa shape index (κ3) is 9.98. The molecule has 0 saturated carbocycles. The number of nitrogens with zero attached hydrogens (tertiary/aromatic N) is 1. The molecule has 0 bridgehead atoms. The Morgan fingerprint density at radius 3 is 2.38 bits per heavy atom. The quantitative estimate of drug-likeness (QED) is 0.125. The molecular formula is C36H45ClN2O3. The normalized spacial score (nSPS) is 10.9. The van der Waals surface area contributed by atoms with Crippen molar-refractivity contribution < 1.29 is 14.6 Å². The molecule has 0 fully saturated rings. The molecule has 0 aromatic heterocycles. The highest BCUT2D eigenvalue weighted by Crippen LogP contribution is 2.41. The van der Waals surface area contributed by atoms with Gasteiger partial charge in [0.05, 0.1) is 11.1 Å². The average Bonchev–Trinajstić information content (AvgIpc) is 2.96. The number of aryl methyl sites for hydroxylation is 2. The number of hydrogen-bond donors (Lipinski definition) is 2. The number of unbranched alkanes of at least 4 members (excludes halogenated alkanes) is 1. The monoisotopic (exact) mass is 588 g/mol. The van der Waals surface area contributed by atoms with Crippen LogP contribution in [0.3, 0.4) is 0 Å². The van der Waals surface area contributed by atoms with E-state index in [0.29, 0.717) is 34.5 Å². The van der Waals surface area contributed by atoms with Gasteiger partial charge >= 0.3 is 0 Å². The number of halogens is 1. The van der Waals surface area contributed by atoms with Crippen molar-refractivity contribution in [2.75, 3.05) is 19.7 Å². The molecule has 5 nitrogen and oxygen atoms in total. The number of phenols is 1. The first-order chi connectivity index (χ1) is 20.0. The van der Waals surface area contributed by atoms with Crippen molar-refractivity contribution in [3.8, 4) is 40.2 Å². The molecule has 3 rings (SSSR count). The SMILES string of the molecule is C=C(C#N)/C=C(\C)COc1cc(Oc2cccc(-c3c(C)ccc(O)c3C)c2C)c(Cl)cc1C.CCCCNCCC. The van der Waals surface area contributed by atoms with Gasteiger partial charge in [0.15, 0.2) is 0 Å². The second-order valence-electron chi connectivity index (χ2n) is 10.5. The molecule has 0 heterocycles. The zero-order valence-corrected chi connectivity index (χ0v) is 26.9. The van der Waals surface area contributed by atoms with Gasteiger partial charge in [-0.3, -0.25) is 0 Å². The number of nitrogens with one attached hydrogen (secondary N) is 1. The van der Waals surface area contributed by atoms with Crippen LogP contribution in [-0.2, 0) is 0 Å². The highest BCUT2D eigenvalue weighted by molar-refractivity contribution is 6.32. The summed E-state index contributed by atoms with van der Waals surface area (Å²) in [5, 5.41) is 23.0. The van der Waals surface area contributed by atoms with E-state index in [1.165, 1.54) is 32.4 Å². The lowest BCUT2D eigenvalue weighted by Crippen LogP contribution is -2.15. The summed E-state index contributed by atoms with van der Waals surface area (Å²) in [5.74, 6) is 2.05. The highest BCUT2D eigenvalue weighted by Gasteiger charge is 2.16. The first-order valence-corrected chi connectivity index (χ1v) is 14.9. The van der Waals surface area contributed by atoms with E-state index >= 15 is 0 Å². The van der Waals surface area contributed by atoms with Crippen LogP contribution in [-0.4, -0.2) is 24.8 Å². The maximum atomic E-state index is 10.2. The number of phenolic OH excluding ortho intramolecular Hbond substituents is 1. The summed E-state index contributed by atoms with van der Waals surface area (Å²) in [4.78, 5) is 0. The van der Waals surface area contributed by atoms with Crippen LogP contribution in [0.4, 0.5) is 0 Å². The molecule has 3 aromatic rings. The van der Waals surface area contributed by atoms with E-state index in [2.05, 4.69) is 25.7 Å². The minimum absolute atomic E-state index is 0.261. The smallest absolute Gasteiger partial charge is 0.149 e. The molecule has 0 spiro atoms. The number of allylic oxidation sites excluding steroid dienone is 2. The Labute approximate surface area is 257 Å². The summed E-state index contributed by atoms with van der Waals surface area (Å²) in [6.45, 7) is 20.5. The van der Waals surface area contributed by atoms with Gasteiger partial charge in [0, 0.05) is 11.6 Å². The number of rotatable bonds is 12. The highest BCUT2D eigenvalue weighted by atomic mass is 35.5. The molecule has 0 amide bonds. The topological polar surface area (TPSA) is 74.5 Å². The van der Waals surface area contributed by atoms with Crippen LogP contribution < -0.4 is 14.8 Å². The molecule has 224 valence electrons. The van der Waals surface area contributed by atoms with E-state index in [9.17, 15) is 5.11 Å². The van der Waals surface area contributed by atoms with Crippen LogP contribution in [0, 0.1) is 39.0 Å². The molecule has 0 aliphatic rings. The zero-order valence-electron chi connectivity index (χ0n) is 26.2. The summed E-state index contributed by atoms with van der Waals surface area (Å²) in [5.41, 5.74) is 6.95. The molecule has 42 heavy (non-hydrogen) atoms. The van der Waals surface area contributed by atoms with Crippen molar-refractivity contribution in [1.82, 2.24) is 5.32 Å². The standard InChI is InChI=1S/C29H28ClNO3.C7H17N/c1-17(15-31)12-18(2)16-33-27-14-28(24(30)13-20(27)4)34-26-9-7-8-23(21(26)5)29-19(3)10-11-25(32)22(29)6;1-3-5-7-8-6-4-2/h7-14,32H,1,16H2,2-6H3;8H,3-7H2,1-2H3/b18-12+;. The van der Waals surface area contributed by atoms with E-state index in [0.717, 1.165) is 39.0 Å². The van der Waals surface area contributed by atoms with E-state index < -0.39 is 0 Å². The van der Waals surface area contributed by atoms with Crippen LogP contribution in [0.15, 0.2) is 66.3 Å². The minimum atomic E-state index is 0.261. The number of hydrogen-bond acceptors (Lipinski definition) is 5. The molecule has 0 saturated heterocycles. The Kier molecular flexibility index (Phi) is 14.2. The minimum Gasteiger partial charge on any atom is -0.508 e. The van der Waals surface area contributed by atoms with Crippen LogP contribution in [0.25, 0.3) is 11.1 Å². The fourth-order valence-corrected chi connectivity index (χ4v) is 4.66. The van der Waals surface area contributed by atoms with E-state index in [1.807, 2.05) is 71.0 Å². The number of aromatic hydroxyl groups is 1. The van der Waals surface area contributed by atoms with Crippen LogP contribution in [0.2, 0.25) is 5.02 Å². The molecular weight excluding hydrogens is 544 g/mol. The Balaban J connectivity index is 0.000000675. The summed E-state index contributed by atoms with van der Waals surface area (Å²) in [6, 6.07) is 15.1. The maximum Gasteiger partial charge on any atom is 0.149 e. The zero-order chi connectivity index (χ0) is 31.2. The van der Waals surface area contributed by atoms with Gasteiger partial charge in [0.2, 0.25) is 0 Å². The summed E-state index contributed by atoms with van der Waals surface area (Å²) < 4.78 is 12.2. The predicted molar refractivity (Wildman–Crippen MR) is 176 cm³/mol. The van der Waals surface area contributed by atoms with Crippen LogP contribution in [0.5, 0.6) is 23.0 Å². The lowest BCUT2D eigenvalue weighted by molar-refractivity contribution is 0.347. The van der Waals surface area contributed by atoms with Gasteiger partial charge in [-0.05, 0) is 124 Å². The van der Waals surface area contributed by atoms with E-state index in [4.69, 9.17) is 26.3 Å². The fraction of sp³-hybridized carbons (Fsp3) is 0.361. The van der Waals surface area contributed by atoms with Gasteiger partial charge in [-0.1, -0.05) is 56.6 Å². The third-order valence-corrected chi connectivity index (χ3v) is 7.10. The molecule has 6 heteroatoms. The van der Waals surface area contributed by atoms with Crippen molar-refractivity contribution in [3.05, 3.63) is 93.5 Å². The molecule has 0 aliphatic heterocycles. The molecule has 0 unspecified atom stereocenters. The maximum absolute atomic E-state index is 10.2. The summed E-state index contributed by atoms with van der Waals surface area (Å²) >= 11 is 6.51. The Hall–Kier alpha value is -3.72. The molecule has 0 radical (unpaired) electrons. The molecule has 2 N–H and O–H groups in total. The van der Waals surface area contributed by atoms with Crippen molar-refractivity contribution >= 4 is 11.6 Å². The molecule has 3 aromatic carbocycles. The van der Waals surface area contributed by atoms with E-state index in [1.54, 1.807) is 18.2 Å². The second kappa shape index (κ2) is 17.3. The number of ether oxygens (including phenoxy) is 2. The van der Waals surface area contributed by atoms with Gasteiger partial charge in [0.25, 0.3) is 0 Å². The van der Waals surface area contributed by atoms with Gasteiger partial charge < -0.3 is 19.9 Å². The van der Waals surface area contributed by atoms with Gasteiger partial charge in [-0.15, -0.1) is 0 Å². The van der Waals surface area contributed by atoms with Crippen molar-refractivity contribution in [1.29, 1.82) is 5.26 Å². The molecule has 0 aliphatic carbocycles. The van der Waals surface area contributed by atoms with Crippen molar-refractivity contribution in [2.24, 2.45) is 0 Å². The first-order valence-electron chi connectivity index (χ1n) is 14.5. The van der Waals surface area contributed by atoms with Gasteiger partial charge in [-0.25, -0.2) is 0 Å². The first kappa shape index (κ1) is 34.5. The van der Waals surface area contributed by atoms with Crippen molar-refractivity contribution in [2.45, 2.75) is 67.7 Å². The largest absolute Gasteiger partial charge is 0.508 e. The molecule has 0 atom stereocenters. The van der Waals surface area contributed by atoms with Gasteiger partial charge in [0.1, 0.15) is 29.6 Å². The summed E-state index contributed by atoms with van der Waals surface area (Å²) in [7, 11) is 0. The number of nitriles is 1. The van der Waals surface area contributed by atoms with Crippen LogP contribution >= 0.6 is 11.6 Å². The summed E-state index contributed by atoms with van der Waals surface area (Å²) in [6.07, 6.45) is 5.57. The van der Waals surface area contributed by atoms with E-state index in [-0.39, 0.29) is 5.75 Å². The Morgan fingerprint density at radius 1 is 0.976 bits per heavy atom. The Bertz CT molecular complexity index is 1430. The van der Waals surface area contributed by atoms with Crippen molar-refractivity contribution in [3.63, 3.8) is 0 Å². The number of benzene rings is 3. The van der Waals surface area contributed by atoms with Crippen LogP contribution in [0.1, 0.15) is 62.3 Å². The lowest BCUT2D eigenvalue weighted by Gasteiger charge is -2.18. The average molecular weight is 589 g/mol. The lowest BCUT2D eigenvalue weighted by atomic mass is 9.92. The Morgan fingerprint density at radius 2 is 1.71 bits per heavy atom. The fourth-order valence-electron chi connectivity index (χ4n) is 4.40.